The number of amides is 1. The molecule has 1 aliphatic rings. The van der Waals surface area contributed by atoms with Gasteiger partial charge in [0.15, 0.2) is 15.5 Å². The Balaban J connectivity index is 2.21. The van der Waals surface area contributed by atoms with Gasteiger partial charge >= 0.3 is 0 Å². The average Bonchev–Trinajstić information content (AvgIpc) is 2.93. The number of hydrogen-bond acceptors (Lipinski definition) is 4. The van der Waals surface area contributed by atoms with Crippen LogP contribution in [0.4, 0.5) is 0 Å². The molecule has 2 heterocycles. The lowest BCUT2D eigenvalue weighted by Gasteiger charge is -2.25. The largest absolute Gasteiger partial charge is 0.333 e. The molecule has 1 atom stereocenters. The molecular formula is C13H21N3O3S. The molecule has 1 amide bonds. The third-order valence-corrected chi connectivity index (χ3v) is 5.50. The van der Waals surface area contributed by atoms with Gasteiger partial charge in [0.1, 0.15) is 0 Å². The monoisotopic (exact) mass is 299 g/mol. The smallest absolute Gasteiger partial charge is 0.274 e. The van der Waals surface area contributed by atoms with Gasteiger partial charge in [-0.25, -0.2) is 8.42 Å². The van der Waals surface area contributed by atoms with Crippen LogP contribution >= 0.6 is 0 Å². The van der Waals surface area contributed by atoms with Crippen LogP contribution in [0, 0.1) is 6.92 Å². The lowest BCUT2D eigenvalue weighted by Crippen LogP contribution is -2.41. The Hall–Kier alpha value is -1.37. The molecule has 0 radical (unpaired) electrons. The summed E-state index contributed by atoms with van der Waals surface area (Å²) in [6, 6.07) is 1.54. The zero-order valence-corrected chi connectivity index (χ0v) is 13.0. The normalized spacial score (nSPS) is 21.1. The Kier molecular flexibility index (Phi) is 4.17. The molecule has 6 nitrogen and oxygen atoms in total. The van der Waals surface area contributed by atoms with Gasteiger partial charge in [-0.15, -0.1) is 0 Å². The van der Waals surface area contributed by atoms with Crippen molar-refractivity contribution in [1.29, 1.82) is 0 Å². The second kappa shape index (κ2) is 5.55. The summed E-state index contributed by atoms with van der Waals surface area (Å²) in [5, 5.41) is 4.28. The van der Waals surface area contributed by atoms with E-state index >= 15 is 0 Å². The van der Waals surface area contributed by atoms with E-state index in [4.69, 9.17) is 0 Å². The van der Waals surface area contributed by atoms with Crippen molar-refractivity contribution in [2.45, 2.75) is 39.8 Å². The van der Waals surface area contributed by atoms with E-state index in [1.165, 1.54) is 0 Å². The van der Waals surface area contributed by atoms with Crippen LogP contribution in [-0.4, -0.2) is 53.1 Å². The molecule has 20 heavy (non-hydrogen) atoms. The molecular weight excluding hydrogens is 278 g/mol. The SMILES string of the molecule is CCN(C(=O)c1cc(C)n(CC)n1)C1CCS(=O)(=O)C1. The molecule has 0 spiro atoms. The van der Waals surface area contributed by atoms with Gasteiger partial charge < -0.3 is 4.90 Å². The molecule has 0 saturated carbocycles. The number of carbonyl (C=O) groups is 1. The fourth-order valence-electron chi connectivity index (χ4n) is 2.67. The molecule has 1 fully saturated rings. The summed E-state index contributed by atoms with van der Waals surface area (Å²) in [6.07, 6.45) is 0.523. The maximum Gasteiger partial charge on any atom is 0.274 e. The van der Waals surface area contributed by atoms with Crippen molar-refractivity contribution < 1.29 is 13.2 Å². The van der Waals surface area contributed by atoms with Gasteiger partial charge in [-0.2, -0.15) is 5.10 Å². The summed E-state index contributed by atoms with van der Waals surface area (Å²) >= 11 is 0. The third-order valence-electron chi connectivity index (χ3n) is 3.75. The molecule has 0 bridgehead atoms. The van der Waals surface area contributed by atoms with Gasteiger partial charge in [0, 0.05) is 24.8 Å². The standard InChI is InChI=1S/C13H21N3O3S/c1-4-15(11-6-7-20(18,19)9-11)13(17)12-8-10(3)16(5-2)14-12/h8,11H,4-7,9H2,1-3H3. The lowest BCUT2D eigenvalue weighted by molar-refractivity contribution is 0.0701. The highest BCUT2D eigenvalue weighted by Crippen LogP contribution is 2.19. The molecule has 0 N–H and O–H groups in total. The Morgan fingerprint density at radius 3 is 2.65 bits per heavy atom. The van der Waals surface area contributed by atoms with Gasteiger partial charge in [0.05, 0.1) is 11.5 Å². The Bertz CT molecular complexity index is 606. The highest BCUT2D eigenvalue weighted by Gasteiger charge is 2.34. The second-order valence-electron chi connectivity index (χ2n) is 5.13. The number of aromatic nitrogens is 2. The zero-order chi connectivity index (χ0) is 14.9. The van der Waals surface area contributed by atoms with E-state index in [9.17, 15) is 13.2 Å². The summed E-state index contributed by atoms with van der Waals surface area (Å²) in [5.41, 5.74) is 1.33. The minimum Gasteiger partial charge on any atom is -0.333 e. The first-order chi connectivity index (χ1) is 9.38. The summed E-state index contributed by atoms with van der Waals surface area (Å²) < 4.78 is 24.9. The van der Waals surface area contributed by atoms with Crippen LogP contribution in [0.2, 0.25) is 0 Å². The summed E-state index contributed by atoms with van der Waals surface area (Å²) in [7, 11) is -2.99. The molecule has 1 saturated heterocycles. The third kappa shape index (κ3) is 2.87. The van der Waals surface area contributed by atoms with E-state index in [1.807, 2.05) is 20.8 Å². The minimum absolute atomic E-state index is 0.0695. The van der Waals surface area contributed by atoms with Crippen LogP contribution in [0.3, 0.4) is 0 Å². The zero-order valence-electron chi connectivity index (χ0n) is 12.2. The van der Waals surface area contributed by atoms with E-state index in [2.05, 4.69) is 5.10 Å². The number of nitrogens with zero attached hydrogens (tertiary/aromatic N) is 3. The van der Waals surface area contributed by atoms with Gasteiger partial charge in [-0.05, 0) is 33.3 Å². The fourth-order valence-corrected chi connectivity index (χ4v) is 4.40. The number of sulfone groups is 1. The molecule has 1 aromatic heterocycles. The van der Waals surface area contributed by atoms with Crippen molar-refractivity contribution >= 4 is 15.7 Å². The Morgan fingerprint density at radius 2 is 2.20 bits per heavy atom. The predicted molar refractivity (Wildman–Crippen MR) is 76.4 cm³/mol. The molecule has 2 rings (SSSR count). The fraction of sp³-hybridized carbons (Fsp3) is 0.692. The van der Waals surface area contributed by atoms with Gasteiger partial charge in [0.2, 0.25) is 0 Å². The van der Waals surface area contributed by atoms with Crippen molar-refractivity contribution in [3.05, 3.63) is 17.5 Å². The summed E-state index contributed by atoms with van der Waals surface area (Å²) in [5.74, 6) is 0.0640. The van der Waals surface area contributed by atoms with Crippen LogP contribution in [-0.2, 0) is 16.4 Å². The maximum absolute atomic E-state index is 12.5. The van der Waals surface area contributed by atoms with E-state index in [1.54, 1.807) is 15.6 Å². The van der Waals surface area contributed by atoms with Crippen molar-refractivity contribution in [2.24, 2.45) is 0 Å². The molecule has 1 unspecified atom stereocenters. The molecule has 0 aromatic carbocycles. The quantitative estimate of drug-likeness (QED) is 0.826. The Morgan fingerprint density at radius 1 is 1.50 bits per heavy atom. The summed E-state index contributed by atoms with van der Waals surface area (Å²) in [6.45, 7) is 6.95. The summed E-state index contributed by atoms with van der Waals surface area (Å²) in [4.78, 5) is 14.1. The van der Waals surface area contributed by atoms with Gasteiger partial charge in [-0.1, -0.05) is 0 Å². The maximum atomic E-state index is 12.5. The molecule has 1 aromatic rings. The molecule has 7 heteroatoms. The Labute approximate surface area is 119 Å². The van der Waals surface area contributed by atoms with Crippen LogP contribution in [0.5, 0.6) is 0 Å². The van der Waals surface area contributed by atoms with Crippen molar-refractivity contribution in [3.8, 4) is 0 Å². The van der Waals surface area contributed by atoms with E-state index in [-0.39, 0.29) is 23.5 Å². The predicted octanol–water partition coefficient (Wildman–Crippen LogP) is 0.861. The van der Waals surface area contributed by atoms with Crippen molar-refractivity contribution in [2.75, 3.05) is 18.1 Å². The van der Waals surface area contributed by atoms with Crippen LogP contribution < -0.4 is 0 Å². The van der Waals surface area contributed by atoms with Gasteiger partial charge in [-0.3, -0.25) is 9.48 Å². The number of rotatable bonds is 4. The number of hydrogen-bond donors (Lipinski definition) is 0. The second-order valence-corrected chi connectivity index (χ2v) is 7.36. The molecule has 112 valence electrons. The van der Waals surface area contributed by atoms with Crippen LogP contribution in [0.1, 0.15) is 36.5 Å². The first kappa shape index (κ1) is 15.0. The van der Waals surface area contributed by atoms with Gasteiger partial charge in [0.25, 0.3) is 5.91 Å². The van der Waals surface area contributed by atoms with Crippen LogP contribution in [0.25, 0.3) is 0 Å². The first-order valence-electron chi connectivity index (χ1n) is 6.93. The highest BCUT2D eigenvalue weighted by molar-refractivity contribution is 7.91. The number of carbonyl (C=O) groups excluding carboxylic acids is 1. The van der Waals surface area contributed by atoms with E-state index in [0.29, 0.717) is 25.2 Å². The van der Waals surface area contributed by atoms with Crippen molar-refractivity contribution in [3.63, 3.8) is 0 Å². The van der Waals surface area contributed by atoms with E-state index in [0.717, 1.165) is 5.69 Å². The first-order valence-corrected chi connectivity index (χ1v) is 8.76. The highest BCUT2D eigenvalue weighted by atomic mass is 32.2. The topological polar surface area (TPSA) is 72.3 Å². The molecule has 0 aliphatic carbocycles. The number of aryl methyl sites for hydroxylation is 2. The molecule has 1 aliphatic heterocycles. The van der Waals surface area contributed by atoms with E-state index < -0.39 is 9.84 Å². The average molecular weight is 299 g/mol. The minimum atomic E-state index is -2.99. The van der Waals surface area contributed by atoms with Crippen LogP contribution in [0.15, 0.2) is 6.07 Å². The van der Waals surface area contributed by atoms with Crippen molar-refractivity contribution in [1.82, 2.24) is 14.7 Å². The lowest BCUT2D eigenvalue weighted by atomic mass is 10.2.